The summed E-state index contributed by atoms with van der Waals surface area (Å²) in [6, 6.07) is 8.22. The number of benzene rings is 1. The lowest BCUT2D eigenvalue weighted by Gasteiger charge is -2.02. The molecule has 2 heterocycles. The minimum atomic E-state index is -0.323. The number of aromatic nitrogens is 2. The van der Waals surface area contributed by atoms with E-state index < -0.39 is 0 Å². The molecule has 3 rings (SSSR count). The van der Waals surface area contributed by atoms with Gasteiger partial charge in [0, 0.05) is 11.4 Å². The molecule has 0 unspecified atom stereocenters. The molecular formula is C14H17N3O2S. The Kier molecular flexibility index (Phi) is 4.05. The largest absolute Gasteiger partial charge is 0.392 e. The number of hydrogen-bond acceptors (Lipinski definition) is 6. The number of β-amino-alcohol motifs (C(OH)–C–C–N with tert-alkyl or cyclic N) is 1. The van der Waals surface area contributed by atoms with Crippen LogP contribution in [0.15, 0.2) is 33.7 Å². The first kappa shape index (κ1) is 13.6. The summed E-state index contributed by atoms with van der Waals surface area (Å²) in [6.45, 7) is 2.67. The molecule has 1 fully saturated rings. The van der Waals surface area contributed by atoms with E-state index in [9.17, 15) is 5.11 Å². The molecule has 0 saturated carbocycles. The van der Waals surface area contributed by atoms with Gasteiger partial charge in [-0.15, -0.1) is 11.8 Å². The van der Waals surface area contributed by atoms with Crippen LogP contribution in [-0.4, -0.2) is 27.9 Å². The van der Waals surface area contributed by atoms with Crippen LogP contribution >= 0.6 is 11.8 Å². The zero-order valence-electron chi connectivity index (χ0n) is 11.2. The summed E-state index contributed by atoms with van der Waals surface area (Å²) in [4.78, 5) is 5.63. The van der Waals surface area contributed by atoms with Crippen molar-refractivity contribution in [1.29, 1.82) is 0 Å². The summed E-state index contributed by atoms with van der Waals surface area (Å²) in [7, 11) is 0. The van der Waals surface area contributed by atoms with E-state index in [0.29, 0.717) is 30.4 Å². The van der Waals surface area contributed by atoms with Crippen LogP contribution < -0.4 is 5.32 Å². The highest BCUT2D eigenvalue weighted by atomic mass is 32.2. The summed E-state index contributed by atoms with van der Waals surface area (Å²) in [6.07, 6.45) is 0.309. The highest BCUT2D eigenvalue weighted by Crippen LogP contribution is 2.26. The molecule has 1 aromatic carbocycles. The first-order valence-electron chi connectivity index (χ1n) is 6.65. The molecule has 1 aliphatic rings. The molecule has 0 aliphatic carbocycles. The Bertz CT molecular complexity index is 587. The van der Waals surface area contributed by atoms with Gasteiger partial charge < -0.3 is 14.9 Å². The third-order valence-corrected chi connectivity index (χ3v) is 4.51. The van der Waals surface area contributed by atoms with Crippen LogP contribution in [0.25, 0.3) is 0 Å². The average molecular weight is 291 g/mol. The summed E-state index contributed by atoms with van der Waals surface area (Å²) < 4.78 is 5.27. The Balaban J connectivity index is 1.62. The van der Waals surface area contributed by atoms with Gasteiger partial charge >= 0.3 is 0 Å². The lowest BCUT2D eigenvalue weighted by atomic mass is 10.2. The van der Waals surface area contributed by atoms with E-state index in [0.717, 1.165) is 0 Å². The number of aryl methyl sites for hydroxylation is 1. The van der Waals surface area contributed by atoms with Crippen LogP contribution in [-0.2, 0) is 5.75 Å². The quantitative estimate of drug-likeness (QED) is 0.840. The number of aliphatic hydroxyl groups excluding tert-OH is 1. The molecule has 1 aromatic heterocycles. The lowest BCUT2D eigenvalue weighted by molar-refractivity contribution is 0.191. The fourth-order valence-corrected chi connectivity index (χ4v) is 3.11. The SMILES string of the molecule is Cc1ccccc1SCc1noc([C@H]2C[C@@H](O)CN2)n1. The molecule has 0 bridgehead atoms. The third-order valence-electron chi connectivity index (χ3n) is 3.34. The topological polar surface area (TPSA) is 71.2 Å². The highest BCUT2D eigenvalue weighted by Gasteiger charge is 2.27. The molecule has 6 heteroatoms. The van der Waals surface area contributed by atoms with Crippen LogP contribution in [0.2, 0.25) is 0 Å². The number of rotatable bonds is 4. The van der Waals surface area contributed by atoms with Gasteiger partial charge in [0.15, 0.2) is 5.82 Å². The van der Waals surface area contributed by atoms with Gasteiger partial charge in [0.05, 0.1) is 17.9 Å². The predicted molar refractivity (Wildman–Crippen MR) is 76.4 cm³/mol. The molecule has 0 spiro atoms. The van der Waals surface area contributed by atoms with Gasteiger partial charge in [0.25, 0.3) is 0 Å². The van der Waals surface area contributed by atoms with Gasteiger partial charge in [-0.2, -0.15) is 4.98 Å². The zero-order chi connectivity index (χ0) is 13.9. The van der Waals surface area contributed by atoms with Gasteiger partial charge in [0.2, 0.25) is 5.89 Å². The maximum absolute atomic E-state index is 9.49. The first-order valence-corrected chi connectivity index (χ1v) is 7.63. The number of thioether (sulfide) groups is 1. The normalized spacial score (nSPS) is 22.3. The van der Waals surface area contributed by atoms with Crippen molar-refractivity contribution in [2.45, 2.75) is 36.1 Å². The van der Waals surface area contributed by atoms with E-state index >= 15 is 0 Å². The maximum Gasteiger partial charge on any atom is 0.243 e. The minimum Gasteiger partial charge on any atom is -0.392 e. The molecule has 20 heavy (non-hydrogen) atoms. The molecule has 0 radical (unpaired) electrons. The van der Waals surface area contributed by atoms with E-state index in [1.165, 1.54) is 10.5 Å². The van der Waals surface area contributed by atoms with Crippen molar-refractivity contribution in [1.82, 2.24) is 15.5 Å². The van der Waals surface area contributed by atoms with Crippen molar-refractivity contribution in [3.05, 3.63) is 41.5 Å². The second-order valence-electron chi connectivity index (χ2n) is 4.95. The fourth-order valence-electron chi connectivity index (χ4n) is 2.23. The Hall–Kier alpha value is -1.37. The van der Waals surface area contributed by atoms with Crippen molar-refractivity contribution >= 4 is 11.8 Å². The maximum atomic E-state index is 9.49. The zero-order valence-corrected chi connectivity index (χ0v) is 12.1. The first-order chi connectivity index (χ1) is 9.72. The van der Waals surface area contributed by atoms with Gasteiger partial charge in [-0.25, -0.2) is 0 Å². The molecule has 2 atom stereocenters. The Morgan fingerprint density at radius 2 is 2.30 bits per heavy atom. The van der Waals surface area contributed by atoms with E-state index in [4.69, 9.17) is 4.52 Å². The van der Waals surface area contributed by atoms with Crippen LogP contribution in [0.4, 0.5) is 0 Å². The summed E-state index contributed by atoms with van der Waals surface area (Å²) in [5, 5.41) is 16.7. The second kappa shape index (κ2) is 5.95. The lowest BCUT2D eigenvalue weighted by Crippen LogP contribution is -2.15. The number of hydrogen-bond donors (Lipinski definition) is 2. The molecular weight excluding hydrogens is 274 g/mol. The van der Waals surface area contributed by atoms with Gasteiger partial charge in [-0.1, -0.05) is 23.4 Å². The Morgan fingerprint density at radius 3 is 3.05 bits per heavy atom. The van der Waals surface area contributed by atoms with Crippen LogP contribution in [0.5, 0.6) is 0 Å². The molecule has 106 valence electrons. The van der Waals surface area contributed by atoms with Crippen molar-refractivity contribution in [3.8, 4) is 0 Å². The van der Waals surface area contributed by atoms with E-state index in [1.54, 1.807) is 11.8 Å². The Morgan fingerprint density at radius 1 is 1.45 bits per heavy atom. The second-order valence-corrected chi connectivity index (χ2v) is 5.97. The van der Waals surface area contributed by atoms with Crippen LogP contribution in [0, 0.1) is 6.92 Å². The molecule has 0 amide bonds. The van der Waals surface area contributed by atoms with Gasteiger partial charge in [-0.3, -0.25) is 0 Å². The highest BCUT2D eigenvalue weighted by molar-refractivity contribution is 7.98. The summed E-state index contributed by atoms with van der Waals surface area (Å²) in [5.74, 6) is 1.95. The minimum absolute atomic E-state index is 0.0188. The fraction of sp³-hybridized carbons (Fsp3) is 0.429. The average Bonchev–Trinajstić information content (AvgIpc) is 3.06. The summed E-state index contributed by atoms with van der Waals surface area (Å²) >= 11 is 1.70. The van der Waals surface area contributed by atoms with E-state index in [1.807, 2.05) is 12.1 Å². The molecule has 2 aromatic rings. The van der Waals surface area contributed by atoms with Crippen molar-refractivity contribution in [2.24, 2.45) is 0 Å². The van der Waals surface area contributed by atoms with Crippen molar-refractivity contribution in [3.63, 3.8) is 0 Å². The standard InChI is InChI=1S/C14H17N3O2S/c1-9-4-2-3-5-12(9)20-8-13-16-14(19-17-13)11-6-10(18)7-15-11/h2-5,10-11,15,18H,6-8H2,1H3/t10-,11-/m1/s1. The molecule has 2 N–H and O–H groups in total. The molecule has 1 saturated heterocycles. The molecule has 5 nitrogen and oxygen atoms in total. The van der Waals surface area contributed by atoms with Crippen LogP contribution in [0.3, 0.4) is 0 Å². The van der Waals surface area contributed by atoms with Gasteiger partial charge in [-0.05, 0) is 25.0 Å². The number of nitrogens with one attached hydrogen (secondary N) is 1. The Labute approximate surface area is 121 Å². The van der Waals surface area contributed by atoms with E-state index in [2.05, 4.69) is 34.5 Å². The van der Waals surface area contributed by atoms with Crippen LogP contribution in [0.1, 0.15) is 29.7 Å². The molecule has 1 aliphatic heterocycles. The smallest absolute Gasteiger partial charge is 0.243 e. The van der Waals surface area contributed by atoms with Gasteiger partial charge in [0.1, 0.15) is 0 Å². The van der Waals surface area contributed by atoms with Crippen molar-refractivity contribution < 1.29 is 9.63 Å². The number of aliphatic hydroxyl groups is 1. The van der Waals surface area contributed by atoms with Crippen molar-refractivity contribution in [2.75, 3.05) is 6.54 Å². The third kappa shape index (κ3) is 3.03. The monoisotopic (exact) mass is 291 g/mol. The summed E-state index contributed by atoms with van der Waals surface area (Å²) in [5.41, 5.74) is 1.25. The number of nitrogens with zero attached hydrogens (tertiary/aromatic N) is 2. The van der Waals surface area contributed by atoms with E-state index in [-0.39, 0.29) is 12.1 Å². The predicted octanol–water partition coefficient (Wildman–Crippen LogP) is 2.07.